The van der Waals surface area contributed by atoms with Crippen molar-refractivity contribution in [2.45, 2.75) is 6.92 Å². The van der Waals surface area contributed by atoms with Gasteiger partial charge in [0.2, 0.25) is 0 Å². The van der Waals surface area contributed by atoms with Crippen LogP contribution in [0.4, 0.5) is 5.69 Å². The second-order valence-corrected chi connectivity index (χ2v) is 3.85. The molecule has 2 aromatic rings. The van der Waals surface area contributed by atoms with Crippen molar-refractivity contribution in [1.29, 1.82) is 0 Å². The maximum absolute atomic E-state index is 10.6. The first-order chi connectivity index (χ1) is 8.33. The van der Waals surface area contributed by atoms with Gasteiger partial charge in [-0.3, -0.25) is 4.79 Å². The van der Waals surface area contributed by atoms with Gasteiger partial charge in [-0.15, -0.1) is 0 Å². The molecule has 0 radical (unpaired) electrons. The van der Waals surface area contributed by atoms with Crippen LogP contribution in [0, 0.1) is 0 Å². The summed E-state index contributed by atoms with van der Waals surface area (Å²) in [6, 6.07) is 15.9. The van der Waals surface area contributed by atoms with E-state index in [9.17, 15) is 4.79 Å². The maximum atomic E-state index is 10.6. The number of rotatable bonds is 4. The van der Waals surface area contributed by atoms with Crippen LogP contribution in [0.3, 0.4) is 0 Å². The van der Waals surface area contributed by atoms with Crippen LogP contribution in [-0.4, -0.2) is 12.8 Å². The third kappa shape index (κ3) is 2.72. The van der Waals surface area contributed by atoms with E-state index < -0.39 is 0 Å². The van der Waals surface area contributed by atoms with Gasteiger partial charge < -0.3 is 5.32 Å². The molecule has 0 unspecified atom stereocenters. The van der Waals surface area contributed by atoms with Crippen LogP contribution >= 0.6 is 0 Å². The zero-order chi connectivity index (χ0) is 12.1. The van der Waals surface area contributed by atoms with Gasteiger partial charge in [0.15, 0.2) is 0 Å². The lowest BCUT2D eigenvalue weighted by molar-refractivity contribution is 0.112. The van der Waals surface area contributed by atoms with Crippen LogP contribution in [-0.2, 0) is 0 Å². The first-order valence-corrected chi connectivity index (χ1v) is 5.73. The van der Waals surface area contributed by atoms with Crippen LogP contribution in [0.5, 0.6) is 0 Å². The minimum atomic E-state index is 0.705. The molecule has 0 aliphatic carbocycles. The Bertz CT molecular complexity index is 503. The Morgan fingerprint density at radius 3 is 2.47 bits per heavy atom. The molecule has 0 bridgehead atoms. The highest BCUT2D eigenvalue weighted by atomic mass is 16.1. The lowest BCUT2D eigenvalue weighted by atomic mass is 10.0. The third-order valence-electron chi connectivity index (χ3n) is 2.62. The van der Waals surface area contributed by atoms with Crippen molar-refractivity contribution in [1.82, 2.24) is 0 Å². The van der Waals surface area contributed by atoms with Gasteiger partial charge in [0.25, 0.3) is 0 Å². The van der Waals surface area contributed by atoms with E-state index in [1.165, 1.54) is 0 Å². The van der Waals surface area contributed by atoms with E-state index in [2.05, 4.69) is 24.4 Å². The van der Waals surface area contributed by atoms with Crippen molar-refractivity contribution < 1.29 is 4.79 Å². The molecule has 0 saturated carbocycles. The highest BCUT2D eigenvalue weighted by Gasteiger charge is 1.99. The number of hydrogen-bond donors (Lipinski definition) is 1. The molecule has 0 aromatic heterocycles. The molecule has 0 saturated heterocycles. The molecule has 2 nitrogen and oxygen atoms in total. The fourth-order valence-corrected chi connectivity index (χ4v) is 1.77. The van der Waals surface area contributed by atoms with Crippen LogP contribution in [0.15, 0.2) is 48.5 Å². The maximum Gasteiger partial charge on any atom is 0.150 e. The van der Waals surface area contributed by atoms with Gasteiger partial charge in [-0.05, 0) is 30.2 Å². The second kappa shape index (κ2) is 5.30. The number of hydrogen-bond acceptors (Lipinski definition) is 2. The molecule has 0 amide bonds. The highest BCUT2D eigenvalue weighted by Crippen LogP contribution is 2.22. The van der Waals surface area contributed by atoms with E-state index in [0.29, 0.717) is 5.56 Å². The molecule has 1 N–H and O–H groups in total. The molecule has 2 heteroatoms. The van der Waals surface area contributed by atoms with Gasteiger partial charge in [-0.25, -0.2) is 0 Å². The Morgan fingerprint density at radius 1 is 1.06 bits per heavy atom. The number of carbonyl (C=O) groups is 1. The van der Waals surface area contributed by atoms with Gasteiger partial charge in [0.1, 0.15) is 6.29 Å². The molecule has 2 rings (SSSR count). The first-order valence-electron chi connectivity index (χ1n) is 5.73. The first kappa shape index (κ1) is 11.4. The molecule has 2 aromatic carbocycles. The van der Waals surface area contributed by atoms with Crippen molar-refractivity contribution in [2.24, 2.45) is 0 Å². The van der Waals surface area contributed by atoms with Crippen LogP contribution < -0.4 is 5.32 Å². The molecule has 0 aliphatic heterocycles. The highest BCUT2D eigenvalue weighted by molar-refractivity contribution is 5.77. The SMILES string of the molecule is CCNc1cccc(-c2ccc(C=O)cc2)c1. The molecular formula is C15H15NO. The fraction of sp³-hybridized carbons (Fsp3) is 0.133. The normalized spacial score (nSPS) is 9.94. The van der Waals surface area contributed by atoms with Crippen molar-refractivity contribution in [2.75, 3.05) is 11.9 Å². The molecule has 86 valence electrons. The summed E-state index contributed by atoms with van der Waals surface area (Å²) in [7, 11) is 0. The summed E-state index contributed by atoms with van der Waals surface area (Å²) in [5.41, 5.74) is 4.09. The second-order valence-electron chi connectivity index (χ2n) is 3.85. The minimum absolute atomic E-state index is 0.705. The zero-order valence-corrected chi connectivity index (χ0v) is 9.81. The third-order valence-corrected chi connectivity index (χ3v) is 2.62. The number of carbonyl (C=O) groups excluding carboxylic acids is 1. The van der Waals surface area contributed by atoms with E-state index in [-0.39, 0.29) is 0 Å². The predicted molar refractivity (Wildman–Crippen MR) is 71.4 cm³/mol. The van der Waals surface area contributed by atoms with E-state index in [0.717, 1.165) is 29.6 Å². The van der Waals surface area contributed by atoms with E-state index in [4.69, 9.17) is 0 Å². The van der Waals surface area contributed by atoms with E-state index >= 15 is 0 Å². The molecule has 17 heavy (non-hydrogen) atoms. The van der Waals surface area contributed by atoms with Crippen molar-refractivity contribution >= 4 is 12.0 Å². The summed E-state index contributed by atoms with van der Waals surface area (Å²) < 4.78 is 0. The number of aldehydes is 1. The molecule has 0 spiro atoms. The molecular weight excluding hydrogens is 210 g/mol. The average Bonchev–Trinajstić information content (AvgIpc) is 2.40. The summed E-state index contributed by atoms with van der Waals surface area (Å²) in [6.45, 7) is 2.99. The van der Waals surface area contributed by atoms with Crippen LogP contribution in [0.1, 0.15) is 17.3 Å². The predicted octanol–water partition coefficient (Wildman–Crippen LogP) is 3.60. The van der Waals surface area contributed by atoms with Gasteiger partial charge >= 0.3 is 0 Å². The van der Waals surface area contributed by atoms with Crippen molar-refractivity contribution in [3.8, 4) is 11.1 Å². The number of anilines is 1. The number of nitrogens with one attached hydrogen (secondary N) is 1. The smallest absolute Gasteiger partial charge is 0.150 e. The summed E-state index contributed by atoms with van der Waals surface area (Å²) in [6.07, 6.45) is 0.860. The Morgan fingerprint density at radius 2 is 1.82 bits per heavy atom. The topological polar surface area (TPSA) is 29.1 Å². The standard InChI is InChI=1S/C15H15NO/c1-2-16-15-5-3-4-14(10-15)13-8-6-12(11-17)7-9-13/h3-11,16H,2H2,1H3. The summed E-state index contributed by atoms with van der Waals surface area (Å²) in [4.78, 5) is 10.6. The largest absolute Gasteiger partial charge is 0.385 e. The quantitative estimate of drug-likeness (QED) is 0.805. The Balaban J connectivity index is 2.31. The summed E-state index contributed by atoms with van der Waals surface area (Å²) >= 11 is 0. The Labute approximate surface area is 101 Å². The molecule has 0 fully saturated rings. The van der Waals surface area contributed by atoms with Gasteiger partial charge in [-0.2, -0.15) is 0 Å². The minimum Gasteiger partial charge on any atom is -0.385 e. The van der Waals surface area contributed by atoms with Gasteiger partial charge in [-0.1, -0.05) is 36.4 Å². The Hall–Kier alpha value is -2.09. The van der Waals surface area contributed by atoms with Crippen LogP contribution in [0.25, 0.3) is 11.1 Å². The average molecular weight is 225 g/mol. The van der Waals surface area contributed by atoms with Crippen molar-refractivity contribution in [3.05, 3.63) is 54.1 Å². The lowest BCUT2D eigenvalue weighted by Gasteiger charge is -2.06. The zero-order valence-electron chi connectivity index (χ0n) is 9.81. The lowest BCUT2D eigenvalue weighted by Crippen LogP contribution is -1.95. The summed E-state index contributed by atoms with van der Waals surface area (Å²) in [5, 5.41) is 3.28. The molecule has 0 heterocycles. The monoisotopic (exact) mass is 225 g/mol. The summed E-state index contributed by atoms with van der Waals surface area (Å²) in [5.74, 6) is 0. The Kier molecular flexibility index (Phi) is 3.55. The number of benzene rings is 2. The van der Waals surface area contributed by atoms with Crippen molar-refractivity contribution in [3.63, 3.8) is 0 Å². The molecule has 0 aliphatic rings. The van der Waals surface area contributed by atoms with Crippen LogP contribution in [0.2, 0.25) is 0 Å². The fourth-order valence-electron chi connectivity index (χ4n) is 1.77. The molecule has 0 atom stereocenters. The van der Waals surface area contributed by atoms with E-state index in [1.807, 2.05) is 36.4 Å². The van der Waals surface area contributed by atoms with Gasteiger partial charge in [0, 0.05) is 17.8 Å². The van der Waals surface area contributed by atoms with E-state index in [1.54, 1.807) is 0 Å². The van der Waals surface area contributed by atoms with Gasteiger partial charge in [0.05, 0.1) is 0 Å².